The summed E-state index contributed by atoms with van der Waals surface area (Å²) in [4.78, 5) is 82.7. The lowest BCUT2D eigenvalue weighted by Gasteiger charge is -2.30. The summed E-state index contributed by atoms with van der Waals surface area (Å²) in [5.41, 5.74) is -0.755. The van der Waals surface area contributed by atoms with Gasteiger partial charge in [0.1, 0.15) is 29.3 Å². The second-order valence-corrected chi connectivity index (χ2v) is 17.4. The number of carbonyl (C=O) groups excluding carboxylic acids is 5. The third-order valence-electron chi connectivity index (χ3n) is 10.3. The lowest BCUT2D eigenvalue weighted by Crippen LogP contribution is -2.58. The molecule has 0 bridgehead atoms. The number of ether oxygens (including phenoxy) is 2. The molecule has 56 heavy (non-hydrogen) atoms. The number of aromatic carboxylic acids is 1. The Morgan fingerprint density at radius 3 is 2.29 bits per heavy atom. The van der Waals surface area contributed by atoms with Crippen molar-refractivity contribution in [3.63, 3.8) is 0 Å². The molecule has 16 nitrogen and oxygen atoms in total. The Morgan fingerprint density at radius 2 is 1.64 bits per heavy atom. The van der Waals surface area contributed by atoms with Crippen LogP contribution < -0.4 is 15.4 Å². The zero-order chi connectivity index (χ0) is 40.4. The Morgan fingerprint density at radius 1 is 0.964 bits per heavy atom. The first-order chi connectivity index (χ1) is 26.5. The fraction of sp³-hybridized carbons (Fsp3) is 0.487. The van der Waals surface area contributed by atoms with E-state index >= 15 is 0 Å². The maximum Gasteiger partial charge on any atom is 0.410 e. The topological polar surface area (TPSA) is 218 Å². The number of hydrogen-bond donors (Lipinski definition) is 4. The number of sulfonamides is 1. The van der Waals surface area contributed by atoms with Crippen LogP contribution in [0.3, 0.4) is 0 Å². The second-order valence-electron chi connectivity index (χ2n) is 15.7. The quantitative estimate of drug-likeness (QED) is 0.310. The molecular formula is C39H47N5O11S. The van der Waals surface area contributed by atoms with E-state index in [9.17, 15) is 42.3 Å². The number of rotatable bonds is 6. The average molecular weight is 794 g/mol. The Hall–Kier alpha value is -5.45. The largest absolute Gasteiger partial charge is 0.478 e. The number of allylic oxidation sites excluding steroid dienone is 1. The molecule has 300 valence electrons. The van der Waals surface area contributed by atoms with Crippen LogP contribution in [0, 0.1) is 5.92 Å². The number of nitrogens with one attached hydrogen (secondary N) is 3. The maximum atomic E-state index is 14.4. The zero-order valence-electron chi connectivity index (χ0n) is 31.5. The number of benzene rings is 2. The molecule has 17 heteroatoms. The fourth-order valence-corrected chi connectivity index (χ4v) is 8.38. The molecule has 6 rings (SSSR count). The molecule has 0 unspecified atom stereocenters. The molecule has 1 saturated carbocycles. The van der Waals surface area contributed by atoms with Crippen LogP contribution in [0.4, 0.5) is 9.59 Å². The second kappa shape index (κ2) is 16.0. The third-order valence-corrected chi connectivity index (χ3v) is 11.7. The van der Waals surface area contributed by atoms with Gasteiger partial charge < -0.3 is 30.1 Å². The molecule has 4 N–H and O–H groups in total. The molecule has 2 fully saturated rings. The van der Waals surface area contributed by atoms with Gasteiger partial charge in [0, 0.05) is 25.4 Å². The van der Waals surface area contributed by atoms with Gasteiger partial charge in [0.15, 0.2) is 0 Å². The number of carboxylic acids is 1. The van der Waals surface area contributed by atoms with E-state index in [1.54, 1.807) is 26.8 Å². The van der Waals surface area contributed by atoms with Gasteiger partial charge in [0.05, 0.1) is 17.0 Å². The first-order valence-corrected chi connectivity index (χ1v) is 20.2. The SMILES string of the molecule is CC(C)(C)OC(=O)N[C@H]1CCCCCC=C[C@H]2C[C@@]2(C(=O)NS(=O)(=O)c2ccc(C(=O)O)cc2)NC(=O)[C@@H]2C[C@@H](OC(=O)N3Cc4ccccc4C3)CN2C1=O. The number of carbonyl (C=O) groups is 6. The van der Waals surface area contributed by atoms with E-state index in [1.807, 2.05) is 35.1 Å². The molecule has 2 aromatic rings. The molecular weight excluding hydrogens is 747 g/mol. The van der Waals surface area contributed by atoms with Gasteiger partial charge in [-0.15, -0.1) is 0 Å². The van der Waals surface area contributed by atoms with E-state index in [-0.39, 0.29) is 36.3 Å². The fourth-order valence-electron chi connectivity index (χ4n) is 7.34. The van der Waals surface area contributed by atoms with Gasteiger partial charge in [-0.1, -0.05) is 49.3 Å². The molecule has 5 atom stereocenters. The van der Waals surface area contributed by atoms with Crippen molar-refractivity contribution in [1.82, 2.24) is 25.2 Å². The minimum absolute atomic E-state index is 0.0615. The van der Waals surface area contributed by atoms with E-state index < -0.39 is 81.1 Å². The van der Waals surface area contributed by atoms with Gasteiger partial charge in [0.25, 0.3) is 15.9 Å². The van der Waals surface area contributed by atoms with Crippen LogP contribution in [-0.4, -0.2) is 95.1 Å². The van der Waals surface area contributed by atoms with Gasteiger partial charge >= 0.3 is 18.2 Å². The Balaban J connectivity index is 1.26. The molecule has 0 radical (unpaired) electrons. The summed E-state index contributed by atoms with van der Waals surface area (Å²) in [5, 5.41) is 14.6. The molecule has 1 aliphatic carbocycles. The highest BCUT2D eigenvalue weighted by molar-refractivity contribution is 7.90. The zero-order valence-corrected chi connectivity index (χ0v) is 32.3. The van der Waals surface area contributed by atoms with Crippen molar-refractivity contribution in [3.05, 3.63) is 77.4 Å². The first kappa shape index (κ1) is 40.2. The molecule has 0 aromatic heterocycles. The van der Waals surface area contributed by atoms with Crippen LogP contribution in [0.15, 0.2) is 65.6 Å². The van der Waals surface area contributed by atoms with Gasteiger partial charge in [-0.2, -0.15) is 0 Å². The summed E-state index contributed by atoms with van der Waals surface area (Å²) >= 11 is 0. The highest BCUT2D eigenvalue weighted by Gasteiger charge is 2.61. The van der Waals surface area contributed by atoms with Crippen LogP contribution in [0.1, 0.15) is 87.2 Å². The predicted octanol–water partition coefficient (Wildman–Crippen LogP) is 3.60. The van der Waals surface area contributed by atoms with Gasteiger partial charge in [0.2, 0.25) is 11.8 Å². The summed E-state index contributed by atoms with van der Waals surface area (Å²) in [6.45, 7) is 5.54. The van der Waals surface area contributed by atoms with Crippen LogP contribution >= 0.6 is 0 Å². The number of hydrogen-bond acceptors (Lipinski definition) is 10. The van der Waals surface area contributed by atoms with E-state index in [0.29, 0.717) is 38.8 Å². The third kappa shape index (κ3) is 9.15. The highest BCUT2D eigenvalue weighted by Crippen LogP contribution is 2.46. The monoisotopic (exact) mass is 793 g/mol. The van der Waals surface area contributed by atoms with Crippen LogP contribution in [0.5, 0.6) is 0 Å². The summed E-state index contributed by atoms with van der Waals surface area (Å²) < 4.78 is 40.0. The minimum Gasteiger partial charge on any atom is -0.478 e. The smallest absolute Gasteiger partial charge is 0.410 e. The van der Waals surface area contributed by atoms with E-state index in [0.717, 1.165) is 35.4 Å². The van der Waals surface area contributed by atoms with Gasteiger partial charge in [-0.05, 0) is 81.8 Å². The maximum absolute atomic E-state index is 14.4. The Labute approximate surface area is 325 Å². The summed E-state index contributed by atoms with van der Waals surface area (Å²) in [5.74, 6) is -4.23. The molecule has 1 saturated heterocycles. The van der Waals surface area contributed by atoms with E-state index in [4.69, 9.17) is 9.47 Å². The number of nitrogens with zero attached hydrogens (tertiary/aromatic N) is 2. The van der Waals surface area contributed by atoms with Crippen molar-refractivity contribution >= 4 is 45.9 Å². The summed E-state index contributed by atoms with van der Waals surface area (Å²) in [6.07, 6.45) is 3.99. The first-order valence-electron chi connectivity index (χ1n) is 18.7. The molecule has 3 aliphatic heterocycles. The highest BCUT2D eigenvalue weighted by atomic mass is 32.2. The molecule has 0 spiro atoms. The van der Waals surface area contributed by atoms with Crippen molar-refractivity contribution in [2.45, 2.75) is 113 Å². The summed E-state index contributed by atoms with van der Waals surface area (Å²) in [7, 11) is -4.50. The van der Waals surface area contributed by atoms with Crippen molar-refractivity contribution in [3.8, 4) is 0 Å². The number of carboxylic acid groups (broad SMARTS) is 1. The predicted molar refractivity (Wildman–Crippen MR) is 199 cm³/mol. The Kier molecular flexibility index (Phi) is 11.5. The average Bonchev–Trinajstić information content (AvgIpc) is 3.42. The molecule has 4 aliphatic rings. The van der Waals surface area contributed by atoms with Gasteiger partial charge in [-0.3, -0.25) is 19.3 Å². The Bertz CT molecular complexity index is 2000. The molecule has 2 aromatic carbocycles. The van der Waals surface area contributed by atoms with Crippen LogP contribution in [0.25, 0.3) is 0 Å². The van der Waals surface area contributed by atoms with Crippen molar-refractivity contribution < 1.29 is 51.8 Å². The molecule has 3 heterocycles. The minimum atomic E-state index is -4.50. The van der Waals surface area contributed by atoms with E-state index in [1.165, 1.54) is 9.80 Å². The number of fused-ring (bicyclic) bond motifs is 3. The normalized spacial score (nSPS) is 25.3. The van der Waals surface area contributed by atoms with E-state index in [2.05, 4.69) is 10.6 Å². The summed E-state index contributed by atoms with van der Waals surface area (Å²) in [6, 6.07) is 9.54. The molecule has 5 amide bonds. The number of amides is 5. The van der Waals surface area contributed by atoms with Gasteiger partial charge in [-0.25, -0.2) is 27.5 Å². The lowest BCUT2D eigenvalue weighted by atomic mass is 10.0. The standard InChI is InChI=1S/C39H47N5O11S/c1-38(2,3)55-36(50)40-30-14-8-6-4-5-7-13-27-20-39(27,35(49)42-56(52,53)29-17-15-24(16-18-29)34(47)48)41-32(45)31-19-28(23-44(31)33(30)46)54-37(51)43-21-25-11-9-10-12-26(25)22-43/h7,9-13,15-18,27-28,30-31H,4-6,8,14,19-23H2,1-3H3,(H,40,50)(H,41,45)(H,42,49)(H,47,48)/t27-,28+,30-,31-,39+/m0/s1. The number of alkyl carbamates (subject to hydrolysis) is 1. The lowest BCUT2D eigenvalue weighted by molar-refractivity contribution is -0.141. The van der Waals surface area contributed by atoms with Crippen LogP contribution in [0.2, 0.25) is 0 Å². The van der Waals surface area contributed by atoms with Crippen molar-refractivity contribution in [1.29, 1.82) is 0 Å². The van der Waals surface area contributed by atoms with Crippen molar-refractivity contribution in [2.24, 2.45) is 5.92 Å². The van der Waals surface area contributed by atoms with Crippen LogP contribution in [-0.2, 0) is 47.0 Å². The van der Waals surface area contributed by atoms with Crippen molar-refractivity contribution in [2.75, 3.05) is 6.54 Å².